The Balaban J connectivity index is 2.10. The molecule has 5 nitrogen and oxygen atoms in total. The third-order valence-electron chi connectivity index (χ3n) is 3.24. The van der Waals surface area contributed by atoms with Gasteiger partial charge in [0.05, 0.1) is 16.1 Å². The molecule has 0 atom stereocenters. The van der Waals surface area contributed by atoms with E-state index in [-0.39, 0.29) is 15.7 Å². The molecule has 0 unspecified atom stereocenters. The van der Waals surface area contributed by atoms with Crippen LogP contribution in [0.3, 0.4) is 0 Å². The van der Waals surface area contributed by atoms with E-state index in [1.165, 1.54) is 6.20 Å². The highest BCUT2D eigenvalue weighted by Crippen LogP contribution is 2.27. The van der Waals surface area contributed by atoms with Crippen molar-refractivity contribution in [2.45, 2.75) is 4.90 Å². The zero-order chi connectivity index (χ0) is 16.6. The van der Waals surface area contributed by atoms with Crippen LogP contribution >= 0.6 is 11.6 Å². The second-order valence-electron chi connectivity index (χ2n) is 4.75. The predicted octanol–water partition coefficient (Wildman–Crippen LogP) is 3.16. The lowest BCUT2D eigenvalue weighted by molar-refractivity contribution is 0.579. The maximum Gasteiger partial charge on any atom is 0.283 e. The van der Waals surface area contributed by atoms with E-state index in [1.807, 2.05) is 6.07 Å². The fraction of sp³-hybridized carbons (Fsp3) is 0. The molecule has 0 bridgehead atoms. The zero-order valence-corrected chi connectivity index (χ0v) is 13.2. The summed E-state index contributed by atoms with van der Waals surface area (Å²) in [6, 6.07) is 12.2. The Morgan fingerprint density at radius 3 is 2.48 bits per heavy atom. The Kier molecular flexibility index (Phi) is 3.83. The van der Waals surface area contributed by atoms with Crippen molar-refractivity contribution in [1.29, 1.82) is 0 Å². The number of hydrogen-bond acceptors (Lipinski definition) is 4. The molecule has 8 heteroatoms. The number of benzene rings is 2. The van der Waals surface area contributed by atoms with Gasteiger partial charge in [0.15, 0.2) is 5.82 Å². The molecule has 3 rings (SSSR count). The van der Waals surface area contributed by atoms with E-state index < -0.39 is 15.8 Å². The molecule has 0 aliphatic heterocycles. The first-order valence-corrected chi connectivity index (χ1v) is 8.32. The van der Waals surface area contributed by atoms with Gasteiger partial charge in [-0.15, -0.1) is 5.10 Å². The molecule has 0 saturated carbocycles. The number of anilines is 1. The standard InChI is InChI=1S/C15H11ClFN3O2S/c16-13-8-11(6-7-14(13)17)23(21,22)20-9-12(15(18)19-20)10-4-2-1-3-5-10/h1-9H,(H2,18,19). The molecule has 2 N–H and O–H groups in total. The number of aromatic nitrogens is 2. The van der Waals surface area contributed by atoms with Crippen LogP contribution in [-0.4, -0.2) is 17.6 Å². The predicted molar refractivity (Wildman–Crippen MR) is 86.1 cm³/mol. The number of nitrogen functional groups attached to an aromatic ring is 1. The SMILES string of the molecule is Nc1nn(S(=O)(=O)c2ccc(F)c(Cl)c2)cc1-c1ccccc1. The van der Waals surface area contributed by atoms with E-state index in [2.05, 4.69) is 5.10 Å². The third-order valence-corrected chi connectivity index (χ3v) is 5.06. The normalized spacial score (nSPS) is 11.6. The topological polar surface area (TPSA) is 78.0 Å². The molecule has 0 saturated heterocycles. The third kappa shape index (κ3) is 2.80. The van der Waals surface area contributed by atoms with Gasteiger partial charge in [-0.1, -0.05) is 41.9 Å². The zero-order valence-electron chi connectivity index (χ0n) is 11.6. The van der Waals surface area contributed by atoms with E-state index in [9.17, 15) is 12.8 Å². The second kappa shape index (κ2) is 5.68. The summed E-state index contributed by atoms with van der Waals surface area (Å²) < 4.78 is 39.1. The number of nitrogens with zero attached hydrogens (tertiary/aromatic N) is 2. The summed E-state index contributed by atoms with van der Waals surface area (Å²) >= 11 is 5.65. The lowest BCUT2D eigenvalue weighted by atomic mass is 10.1. The van der Waals surface area contributed by atoms with Crippen LogP contribution in [0.4, 0.5) is 10.2 Å². The molecule has 1 aromatic heterocycles. The van der Waals surface area contributed by atoms with Crippen LogP contribution in [0.25, 0.3) is 11.1 Å². The lowest BCUT2D eigenvalue weighted by Crippen LogP contribution is -2.14. The van der Waals surface area contributed by atoms with Crippen LogP contribution in [0.15, 0.2) is 59.6 Å². The van der Waals surface area contributed by atoms with Gasteiger partial charge in [-0.05, 0) is 23.8 Å². The molecule has 23 heavy (non-hydrogen) atoms. The Labute approximate surface area is 137 Å². The van der Waals surface area contributed by atoms with E-state index >= 15 is 0 Å². The summed E-state index contributed by atoms with van der Waals surface area (Å²) in [7, 11) is -4.01. The van der Waals surface area contributed by atoms with Crippen molar-refractivity contribution in [2.75, 3.05) is 5.73 Å². The van der Waals surface area contributed by atoms with Gasteiger partial charge in [0.2, 0.25) is 0 Å². The van der Waals surface area contributed by atoms with Gasteiger partial charge in [0.1, 0.15) is 5.82 Å². The molecule has 0 aliphatic carbocycles. The average Bonchev–Trinajstić information content (AvgIpc) is 2.93. The van der Waals surface area contributed by atoms with E-state index in [0.29, 0.717) is 5.56 Å². The number of halogens is 2. The van der Waals surface area contributed by atoms with Gasteiger partial charge in [0.25, 0.3) is 10.0 Å². The molecule has 2 aromatic carbocycles. The average molecular weight is 352 g/mol. The molecule has 0 fully saturated rings. The van der Waals surface area contributed by atoms with Crippen molar-refractivity contribution in [3.05, 3.63) is 65.6 Å². The highest BCUT2D eigenvalue weighted by Gasteiger charge is 2.21. The first-order chi connectivity index (χ1) is 10.9. The summed E-state index contributed by atoms with van der Waals surface area (Å²) in [5.41, 5.74) is 7.05. The molecule has 0 radical (unpaired) electrons. The summed E-state index contributed by atoms with van der Waals surface area (Å²) in [6.45, 7) is 0. The summed E-state index contributed by atoms with van der Waals surface area (Å²) in [4.78, 5) is -0.175. The molecule has 118 valence electrons. The van der Waals surface area contributed by atoms with E-state index in [0.717, 1.165) is 27.8 Å². The van der Waals surface area contributed by atoms with Crippen LogP contribution < -0.4 is 5.73 Å². The Hall–Kier alpha value is -2.38. The minimum atomic E-state index is -4.01. The minimum Gasteiger partial charge on any atom is -0.382 e. The Morgan fingerprint density at radius 2 is 1.83 bits per heavy atom. The summed E-state index contributed by atoms with van der Waals surface area (Å²) in [6.07, 6.45) is 1.32. The largest absolute Gasteiger partial charge is 0.382 e. The van der Waals surface area contributed by atoms with Gasteiger partial charge in [0, 0.05) is 5.56 Å². The Morgan fingerprint density at radius 1 is 1.13 bits per heavy atom. The Bertz CT molecular complexity index is 972. The van der Waals surface area contributed by atoms with Gasteiger partial charge >= 0.3 is 0 Å². The van der Waals surface area contributed by atoms with Gasteiger partial charge in [-0.2, -0.15) is 12.5 Å². The number of nitrogens with two attached hydrogens (primary N) is 1. The maximum atomic E-state index is 13.2. The summed E-state index contributed by atoms with van der Waals surface area (Å²) in [5, 5.41) is 3.57. The molecule has 3 aromatic rings. The van der Waals surface area contributed by atoms with Crippen LogP contribution in [0.5, 0.6) is 0 Å². The molecule has 0 spiro atoms. The highest BCUT2D eigenvalue weighted by molar-refractivity contribution is 7.89. The molecule has 1 heterocycles. The van der Waals surface area contributed by atoms with Crippen LogP contribution in [0.1, 0.15) is 0 Å². The van der Waals surface area contributed by atoms with Crippen molar-refractivity contribution in [1.82, 2.24) is 9.19 Å². The van der Waals surface area contributed by atoms with Crippen molar-refractivity contribution < 1.29 is 12.8 Å². The minimum absolute atomic E-state index is 0.0768. The molecular formula is C15H11ClFN3O2S. The van der Waals surface area contributed by atoms with Crippen molar-refractivity contribution in [3.8, 4) is 11.1 Å². The van der Waals surface area contributed by atoms with E-state index in [1.54, 1.807) is 24.3 Å². The van der Waals surface area contributed by atoms with E-state index in [4.69, 9.17) is 17.3 Å². The van der Waals surface area contributed by atoms with Gasteiger partial charge in [-0.25, -0.2) is 4.39 Å². The molecule has 0 aliphatic rings. The van der Waals surface area contributed by atoms with Crippen molar-refractivity contribution >= 4 is 27.4 Å². The summed E-state index contributed by atoms with van der Waals surface area (Å²) in [5.74, 6) is -0.622. The maximum absolute atomic E-state index is 13.2. The fourth-order valence-corrected chi connectivity index (χ4v) is 3.48. The fourth-order valence-electron chi connectivity index (χ4n) is 2.07. The number of rotatable bonds is 3. The first kappa shape index (κ1) is 15.5. The lowest BCUT2D eigenvalue weighted by Gasteiger charge is -2.04. The smallest absolute Gasteiger partial charge is 0.283 e. The molecular weight excluding hydrogens is 341 g/mol. The van der Waals surface area contributed by atoms with Gasteiger partial charge < -0.3 is 5.73 Å². The van der Waals surface area contributed by atoms with Crippen LogP contribution in [0.2, 0.25) is 5.02 Å². The highest BCUT2D eigenvalue weighted by atomic mass is 35.5. The van der Waals surface area contributed by atoms with Crippen LogP contribution in [-0.2, 0) is 10.0 Å². The monoisotopic (exact) mass is 351 g/mol. The quantitative estimate of drug-likeness (QED) is 0.786. The molecule has 0 amide bonds. The van der Waals surface area contributed by atoms with Crippen molar-refractivity contribution in [2.24, 2.45) is 0 Å². The number of hydrogen-bond donors (Lipinski definition) is 1. The second-order valence-corrected chi connectivity index (χ2v) is 6.95. The van der Waals surface area contributed by atoms with Crippen LogP contribution in [0, 0.1) is 5.82 Å². The van der Waals surface area contributed by atoms with Gasteiger partial charge in [-0.3, -0.25) is 0 Å². The first-order valence-electron chi connectivity index (χ1n) is 6.51. The van der Waals surface area contributed by atoms with Crippen molar-refractivity contribution in [3.63, 3.8) is 0 Å².